The Bertz CT molecular complexity index is 845. The van der Waals surface area contributed by atoms with E-state index < -0.39 is 6.04 Å². The molecular weight excluding hydrogens is 316 g/mol. The van der Waals surface area contributed by atoms with Gasteiger partial charge in [-0.05, 0) is 31.2 Å². The maximum Gasteiger partial charge on any atom is 0.226 e. The van der Waals surface area contributed by atoms with E-state index in [2.05, 4.69) is 20.5 Å². The number of aromatic amines is 1. The molecule has 1 amide bonds. The molecule has 6 nitrogen and oxygen atoms in total. The van der Waals surface area contributed by atoms with Gasteiger partial charge in [0.2, 0.25) is 5.91 Å². The second-order valence-corrected chi connectivity index (χ2v) is 5.72. The minimum Gasteiger partial charge on any atom is -0.496 e. The number of rotatable bonds is 6. The lowest BCUT2D eigenvalue weighted by Gasteiger charge is -2.20. The van der Waals surface area contributed by atoms with E-state index in [9.17, 15) is 4.79 Å². The summed E-state index contributed by atoms with van der Waals surface area (Å²) in [5, 5.41) is 10.0. The fourth-order valence-electron chi connectivity index (χ4n) is 2.70. The van der Waals surface area contributed by atoms with Gasteiger partial charge in [-0.2, -0.15) is 5.10 Å². The predicted molar refractivity (Wildman–Crippen MR) is 94.2 cm³/mol. The average Bonchev–Trinajstić information content (AvgIpc) is 3.05. The van der Waals surface area contributed by atoms with Gasteiger partial charge in [0, 0.05) is 17.5 Å². The van der Waals surface area contributed by atoms with Crippen molar-refractivity contribution in [2.45, 2.75) is 19.4 Å². The Morgan fingerprint density at radius 2 is 2.04 bits per heavy atom. The van der Waals surface area contributed by atoms with Crippen LogP contribution >= 0.6 is 0 Å². The molecule has 3 aromatic rings. The molecule has 6 heteroatoms. The number of nitrogens with one attached hydrogen (secondary N) is 2. The number of carbonyl (C=O) groups excluding carboxylic acids is 1. The van der Waals surface area contributed by atoms with Crippen LogP contribution < -0.4 is 10.1 Å². The lowest BCUT2D eigenvalue weighted by Crippen LogP contribution is -2.31. The quantitative estimate of drug-likeness (QED) is 0.725. The number of pyridine rings is 1. The van der Waals surface area contributed by atoms with Crippen LogP contribution in [0.4, 0.5) is 0 Å². The first-order valence-electron chi connectivity index (χ1n) is 8.01. The van der Waals surface area contributed by atoms with Crippen LogP contribution in [0.5, 0.6) is 5.75 Å². The summed E-state index contributed by atoms with van der Waals surface area (Å²) in [5.41, 5.74) is 3.23. The van der Waals surface area contributed by atoms with E-state index in [1.165, 1.54) is 0 Å². The third-order valence-electron chi connectivity index (χ3n) is 3.84. The summed E-state index contributed by atoms with van der Waals surface area (Å²) in [5.74, 6) is 0.571. The van der Waals surface area contributed by atoms with Crippen LogP contribution in [0.15, 0.2) is 54.7 Å². The van der Waals surface area contributed by atoms with Crippen molar-refractivity contribution < 1.29 is 9.53 Å². The van der Waals surface area contributed by atoms with E-state index >= 15 is 0 Å². The molecule has 2 N–H and O–H groups in total. The van der Waals surface area contributed by atoms with Gasteiger partial charge in [-0.15, -0.1) is 0 Å². The van der Waals surface area contributed by atoms with Gasteiger partial charge >= 0.3 is 0 Å². The first-order chi connectivity index (χ1) is 12.2. The van der Waals surface area contributed by atoms with Crippen molar-refractivity contribution in [2.75, 3.05) is 7.11 Å². The number of ether oxygens (including phenoxy) is 1. The lowest BCUT2D eigenvalue weighted by atomic mass is 10.0. The van der Waals surface area contributed by atoms with Crippen LogP contribution in [0.25, 0.3) is 0 Å². The highest BCUT2D eigenvalue weighted by Gasteiger charge is 2.21. The SMILES string of the molecule is COc1ccccc1C(NC(=O)Cc1cc(C)[nH]n1)c1ccccn1. The van der Waals surface area contributed by atoms with Gasteiger partial charge < -0.3 is 10.1 Å². The summed E-state index contributed by atoms with van der Waals surface area (Å²) < 4.78 is 5.45. The van der Waals surface area contributed by atoms with Gasteiger partial charge in [-0.1, -0.05) is 24.3 Å². The topological polar surface area (TPSA) is 79.9 Å². The fraction of sp³-hybridized carbons (Fsp3) is 0.211. The van der Waals surface area contributed by atoms with Crippen molar-refractivity contribution in [3.05, 3.63) is 77.4 Å². The van der Waals surface area contributed by atoms with E-state index in [-0.39, 0.29) is 12.3 Å². The molecular formula is C19H20N4O2. The summed E-state index contributed by atoms with van der Waals surface area (Å²) in [6.45, 7) is 1.90. The van der Waals surface area contributed by atoms with Crippen LogP contribution in [0.1, 0.15) is 28.7 Å². The molecule has 1 unspecified atom stereocenters. The van der Waals surface area contributed by atoms with E-state index in [1.807, 2.05) is 55.5 Å². The molecule has 1 aromatic carbocycles. The Hall–Kier alpha value is -3.15. The Morgan fingerprint density at radius 1 is 1.24 bits per heavy atom. The zero-order chi connectivity index (χ0) is 17.6. The lowest BCUT2D eigenvalue weighted by molar-refractivity contribution is -0.121. The largest absolute Gasteiger partial charge is 0.496 e. The number of para-hydroxylation sites is 1. The summed E-state index contributed by atoms with van der Waals surface area (Å²) in [4.78, 5) is 16.9. The summed E-state index contributed by atoms with van der Waals surface area (Å²) in [6.07, 6.45) is 1.91. The van der Waals surface area contributed by atoms with Crippen LogP contribution in [0.3, 0.4) is 0 Å². The third kappa shape index (κ3) is 4.03. The van der Waals surface area contributed by atoms with Crippen molar-refractivity contribution in [3.63, 3.8) is 0 Å². The number of aromatic nitrogens is 3. The standard InChI is InChI=1S/C19H20N4O2/c1-13-11-14(23-22-13)12-18(24)21-19(16-8-5-6-10-20-16)15-7-3-4-9-17(15)25-2/h3-11,19H,12H2,1-2H3,(H,21,24)(H,22,23). The first-order valence-corrected chi connectivity index (χ1v) is 8.01. The molecule has 0 bridgehead atoms. The van der Waals surface area contributed by atoms with E-state index in [4.69, 9.17) is 4.74 Å². The van der Waals surface area contributed by atoms with Crippen molar-refractivity contribution in [1.29, 1.82) is 0 Å². The van der Waals surface area contributed by atoms with Gasteiger partial charge in [0.05, 0.1) is 31.0 Å². The van der Waals surface area contributed by atoms with Crippen LogP contribution in [0.2, 0.25) is 0 Å². The normalized spacial score (nSPS) is 11.8. The highest BCUT2D eigenvalue weighted by molar-refractivity contribution is 5.79. The third-order valence-corrected chi connectivity index (χ3v) is 3.84. The van der Waals surface area contributed by atoms with Crippen LogP contribution in [-0.2, 0) is 11.2 Å². The highest BCUT2D eigenvalue weighted by Crippen LogP contribution is 2.28. The molecule has 0 aliphatic carbocycles. The number of H-pyrrole nitrogens is 1. The van der Waals surface area contributed by atoms with Crippen molar-refractivity contribution in [1.82, 2.24) is 20.5 Å². The van der Waals surface area contributed by atoms with Gasteiger partial charge in [0.1, 0.15) is 5.75 Å². The van der Waals surface area contributed by atoms with Crippen LogP contribution in [0, 0.1) is 6.92 Å². The average molecular weight is 336 g/mol. The molecule has 0 saturated carbocycles. The molecule has 0 saturated heterocycles. The van der Waals surface area contributed by atoms with E-state index in [1.54, 1.807) is 13.3 Å². The number of hydrogen-bond acceptors (Lipinski definition) is 4. The number of aryl methyl sites for hydroxylation is 1. The Labute approximate surface area is 146 Å². The zero-order valence-corrected chi connectivity index (χ0v) is 14.2. The molecule has 0 aliphatic rings. The molecule has 25 heavy (non-hydrogen) atoms. The Morgan fingerprint density at radius 3 is 2.72 bits per heavy atom. The molecule has 128 valence electrons. The molecule has 1 atom stereocenters. The number of nitrogens with zero attached hydrogens (tertiary/aromatic N) is 2. The minimum atomic E-state index is -0.398. The Balaban J connectivity index is 1.88. The van der Waals surface area contributed by atoms with Crippen LogP contribution in [-0.4, -0.2) is 28.2 Å². The van der Waals surface area contributed by atoms with Gasteiger partial charge in [0.15, 0.2) is 0 Å². The van der Waals surface area contributed by atoms with Gasteiger partial charge in [-0.3, -0.25) is 14.9 Å². The predicted octanol–water partition coefficient (Wildman–Crippen LogP) is 2.57. The highest BCUT2D eigenvalue weighted by atomic mass is 16.5. The summed E-state index contributed by atoms with van der Waals surface area (Å²) >= 11 is 0. The molecule has 3 rings (SSSR count). The number of hydrogen-bond donors (Lipinski definition) is 2. The first kappa shape index (κ1) is 16.7. The van der Waals surface area contributed by atoms with E-state index in [0.29, 0.717) is 11.4 Å². The maximum absolute atomic E-state index is 12.5. The summed E-state index contributed by atoms with van der Waals surface area (Å²) in [6, 6.07) is 14.7. The minimum absolute atomic E-state index is 0.131. The van der Waals surface area contributed by atoms with Crippen molar-refractivity contribution in [2.24, 2.45) is 0 Å². The van der Waals surface area contributed by atoms with Gasteiger partial charge in [-0.25, -0.2) is 0 Å². The summed E-state index contributed by atoms with van der Waals surface area (Å²) in [7, 11) is 1.61. The van der Waals surface area contributed by atoms with Crippen molar-refractivity contribution >= 4 is 5.91 Å². The second-order valence-electron chi connectivity index (χ2n) is 5.72. The fourth-order valence-corrected chi connectivity index (χ4v) is 2.70. The van der Waals surface area contributed by atoms with E-state index in [0.717, 1.165) is 17.0 Å². The molecule has 0 spiro atoms. The number of amides is 1. The number of benzene rings is 1. The number of carbonyl (C=O) groups is 1. The monoisotopic (exact) mass is 336 g/mol. The smallest absolute Gasteiger partial charge is 0.226 e. The molecule has 0 radical (unpaired) electrons. The van der Waals surface area contributed by atoms with Gasteiger partial charge in [0.25, 0.3) is 0 Å². The molecule has 0 fully saturated rings. The molecule has 2 aromatic heterocycles. The number of methoxy groups -OCH3 is 1. The molecule has 2 heterocycles. The zero-order valence-electron chi connectivity index (χ0n) is 14.2. The second kappa shape index (κ2) is 7.61. The van der Waals surface area contributed by atoms with Crippen molar-refractivity contribution in [3.8, 4) is 5.75 Å². The Kier molecular flexibility index (Phi) is 5.09. The molecule has 0 aliphatic heterocycles. The maximum atomic E-state index is 12.5.